The molecule has 1 heterocycles. The van der Waals surface area contributed by atoms with Gasteiger partial charge in [-0.25, -0.2) is 4.90 Å². The molecule has 5 nitrogen and oxygen atoms in total. The number of carbonyl (C=O) groups is 2. The van der Waals surface area contributed by atoms with E-state index in [2.05, 4.69) is 0 Å². The van der Waals surface area contributed by atoms with Gasteiger partial charge in [0.15, 0.2) is 0 Å². The Morgan fingerprint density at radius 1 is 1.35 bits per heavy atom. The standard InChI is InChI=1S/C15H20N2O3/c1-3-16(8-9-18)13-10-14(19)17(15(13)20)12-7-5-4-6-11(12)2/h4-7,13,18H,3,8-10H2,1-2H3/t13-/m1/s1. The third kappa shape index (κ3) is 2.59. The van der Waals surface area contributed by atoms with Gasteiger partial charge in [-0.2, -0.15) is 0 Å². The minimum absolute atomic E-state index is 0.0177. The van der Waals surface area contributed by atoms with Crippen LogP contribution in [0.4, 0.5) is 5.69 Å². The van der Waals surface area contributed by atoms with Crippen LogP contribution in [0.15, 0.2) is 24.3 Å². The van der Waals surface area contributed by atoms with E-state index in [1.807, 2.05) is 36.9 Å². The van der Waals surface area contributed by atoms with Crippen molar-refractivity contribution in [1.29, 1.82) is 0 Å². The van der Waals surface area contributed by atoms with Crippen molar-refractivity contribution in [3.63, 3.8) is 0 Å². The van der Waals surface area contributed by atoms with Crippen molar-refractivity contribution in [2.24, 2.45) is 0 Å². The van der Waals surface area contributed by atoms with E-state index in [0.717, 1.165) is 5.56 Å². The molecule has 1 aromatic rings. The van der Waals surface area contributed by atoms with Crippen LogP contribution in [0.1, 0.15) is 18.9 Å². The van der Waals surface area contributed by atoms with Gasteiger partial charge in [-0.05, 0) is 25.1 Å². The van der Waals surface area contributed by atoms with Gasteiger partial charge in [0.25, 0.3) is 5.91 Å². The third-order valence-electron chi connectivity index (χ3n) is 3.71. The molecule has 1 fully saturated rings. The number of rotatable bonds is 5. The molecule has 1 atom stereocenters. The summed E-state index contributed by atoms with van der Waals surface area (Å²) in [6, 6.07) is 6.91. The number of likely N-dealkylation sites (N-methyl/N-ethyl adjacent to an activating group) is 1. The van der Waals surface area contributed by atoms with Crippen molar-refractivity contribution < 1.29 is 14.7 Å². The molecule has 0 radical (unpaired) electrons. The number of hydrogen-bond acceptors (Lipinski definition) is 4. The highest BCUT2D eigenvalue weighted by molar-refractivity contribution is 6.22. The summed E-state index contributed by atoms with van der Waals surface area (Å²) in [5.74, 6) is -0.370. The maximum Gasteiger partial charge on any atom is 0.251 e. The molecule has 0 unspecified atom stereocenters. The third-order valence-corrected chi connectivity index (χ3v) is 3.71. The van der Waals surface area contributed by atoms with Crippen molar-refractivity contribution in [3.05, 3.63) is 29.8 Å². The van der Waals surface area contributed by atoms with Crippen molar-refractivity contribution in [1.82, 2.24) is 4.90 Å². The minimum Gasteiger partial charge on any atom is -0.395 e. The van der Waals surface area contributed by atoms with Crippen molar-refractivity contribution in [2.75, 3.05) is 24.6 Å². The Morgan fingerprint density at radius 3 is 2.65 bits per heavy atom. The van der Waals surface area contributed by atoms with E-state index in [4.69, 9.17) is 5.11 Å². The average Bonchev–Trinajstić information content (AvgIpc) is 2.72. The van der Waals surface area contributed by atoms with Crippen molar-refractivity contribution in [2.45, 2.75) is 26.3 Å². The Hall–Kier alpha value is -1.72. The van der Waals surface area contributed by atoms with Gasteiger partial charge < -0.3 is 5.11 Å². The van der Waals surface area contributed by atoms with Crippen LogP contribution in [-0.2, 0) is 9.59 Å². The smallest absolute Gasteiger partial charge is 0.251 e. The van der Waals surface area contributed by atoms with E-state index in [-0.39, 0.29) is 24.8 Å². The summed E-state index contributed by atoms with van der Waals surface area (Å²) in [6.07, 6.45) is 0.182. The van der Waals surface area contributed by atoms with Gasteiger partial charge in [-0.3, -0.25) is 14.5 Å². The zero-order valence-corrected chi connectivity index (χ0v) is 11.9. The quantitative estimate of drug-likeness (QED) is 0.813. The Labute approximate surface area is 118 Å². The van der Waals surface area contributed by atoms with Gasteiger partial charge in [0.05, 0.1) is 24.8 Å². The lowest BCUT2D eigenvalue weighted by Crippen LogP contribution is -2.43. The van der Waals surface area contributed by atoms with Crippen LogP contribution < -0.4 is 4.90 Å². The van der Waals surface area contributed by atoms with Crippen LogP contribution >= 0.6 is 0 Å². The van der Waals surface area contributed by atoms with Crippen molar-refractivity contribution in [3.8, 4) is 0 Å². The second-order valence-electron chi connectivity index (χ2n) is 4.93. The summed E-state index contributed by atoms with van der Waals surface area (Å²) in [6.45, 7) is 4.82. The molecule has 5 heteroatoms. The van der Waals surface area contributed by atoms with Gasteiger partial charge in [-0.1, -0.05) is 25.1 Å². The van der Waals surface area contributed by atoms with E-state index < -0.39 is 6.04 Å². The Morgan fingerprint density at radius 2 is 2.05 bits per heavy atom. The number of imide groups is 1. The number of aliphatic hydroxyl groups excluding tert-OH is 1. The molecule has 1 saturated heterocycles. The number of aryl methyl sites for hydroxylation is 1. The number of para-hydroxylation sites is 1. The maximum atomic E-state index is 12.5. The fraction of sp³-hybridized carbons (Fsp3) is 0.467. The lowest BCUT2D eigenvalue weighted by atomic mass is 10.2. The zero-order valence-electron chi connectivity index (χ0n) is 11.9. The summed E-state index contributed by atoms with van der Waals surface area (Å²) in [7, 11) is 0. The summed E-state index contributed by atoms with van der Waals surface area (Å²) < 4.78 is 0. The monoisotopic (exact) mass is 276 g/mol. The fourth-order valence-corrected chi connectivity index (χ4v) is 2.63. The Kier molecular flexibility index (Phi) is 4.52. The molecule has 0 aliphatic carbocycles. The van der Waals surface area contributed by atoms with Crippen molar-refractivity contribution >= 4 is 17.5 Å². The Balaban J connectivity index is 2.28. The number of hydrogen-bond donors (Lipinski definition) is 1. The SMILES string of the molecule is CCN(CCO)[C@@H]1CC(=O)N(c2ccccc2C)C1=O. The van der Waals surface area contributed by atoms with Crippen LogP contribution in [0.5, 0.6) is 0 Å². The molecule has 1 aromatic carbocycles. The van der Waals surface area contributed by atoms with E-state index in [1.54, 1.807) is 6.07 Å². The van der Waals surface area contributed by atoms with E-state index in [1.165, 1.54) is 4.90 Å². The lowest BCUT2D eigenvalue weighted by Gasteiger charge is -2.25. The summed E-state index contributed by atoms with van der Waals surface area (Å²) in [4.78, 5) is 27.8. The first-order chi connectivity index (χ1) is 9.60. The number of amides is 2. The molecule has 1 aliphatic heterocycles. The van der Waals surface area contributed by atoms with Crippen LogP contribution in [0.3, 0.4) is 0 Å². The number of carbonyl (C=O) groups excluding carboxylic acids is 2. The van der Waals surface area contributed by atoms with Gasteiger partial charge >= 0.3 is 0 Å². The predicted octanol–water partition coefficient (Wildman–Crippen LogP) is 0.941. The van der Waals surface area contributed by atoms with Gasteiger partial charge in [0.1, 0.15) is 0 Å². The number of anilines is 1. The normalized spacial score (nSPS) is 19.2. The van der Waals surface area contributed by atoms with Gasteiger partial charge in [0, 0.05) is 6.54 Å². The largest absolute Gasteiger partial charge is 0.395 e. The Bertz CT molecular complexity index is 516. The first kappa shape index (κ1) is 14.7. The molecule has 20 heavy (non-hydrogen) atoms. The summed E-state index contributed by atoms with van der Waals surface area (Å²) >= 11 is 0. The molecule has 1 N–H and O–H groups in total. The van der Waals surface area contributed by atoms with Gasteiger partial charge in [0.2, 0.25) is 5.91 Å². The second-order valence-corrected chi connectivity index (χ2v) is 4.93. The van der Waals surface area contributed by atoms with Gasteiger partial charge in [-0.15, -0.1) is 0 Å². The first-order valence-corrected chi connectivity index (χ1v) is 6.87. The van der Waals surface area contributed by atoms with Crippen LogP contribution in [0, 0.1) is 6.92 Å². The highest BCUT2D eigenvalue weighted by Crippen LogP contribution is 2.27. The van der Waals surface area contributed by atoms with Crippen LogP contribution in [-0.4, -0.2) is 47.6 Å². The van der Waals surface area contributed by atoms with Crippen LogP contribution in [0.25, 0.3) is 0 Å². The molecule has 0 spiro atoms. The zero-order chi connectivity index (χ0) is 14.7. The lowest BCUT2D eigenvalue weighted by molar-refractivity contribution is -0.123. The summed E-state index contributed by atoms with van der Waals surface area (Å²) in [5, 5.41) is 9.06. The fourth-order valence-electron chi connectivity index (χ4n) is 2.63. The molecule has 0 aromatic heterocycles. The molecule has 108 valence electrons. The first-order valence-electron chi connectivity index (χ1n) is 6.87. The number of benzene rings is 1. The maximum absolute atomic E-state index is 12.5. The average molecular weight is 276 g/mol. The minimum atomic E-state index is -0.459. The topological polar surface area (TPSA) is 60.9 Å². The van der Waals surface area contributed by atoms with E-state index >= 15 is 0 Å². The van der Waals surface area contributed by atoms with E-state index in [9.17, 15) is 9.59 Å². The van der Waals surface area contributed by atoms with Crippen LogP contribution in [0.2, 0.25) is 0 Å². The molecule has 2 rings (SSSR count). The molecular weight excluding hydrogens is 256 g/mol. The molecule has 1 aliphatic rings. The summed E-state index contributed by atoms with van der Waals surface area (Å²) in [5.41, 5.74) is 1.56. The molecule has 0 saturated carbocycles. The molecule has 0 bridgehead atoms. The number of aliphatic hydroxyl groups is 1. The molecule has 2 amide bonds. The second kappa shape index (κ2) is 6.15. The number of nitrogens with zero attached hydrogens (tertiary/aromatic N) is 2. The predicted molar refractivity (Wildman–Crippen MR) is 76.4 cm³/mol. The highest BCUT2D eigenvalue weighted by atomic mass is 16.3. The molecular formula is C15H20N2O3. The van der Waals surface area contributed by atoms with E-state index in [0.29, 0.717) is 18.8 Å². The highest BCUT2D eigenvalue weighted by Gasteiger charge is 2.42.